The molecular weight excluding hydrogens is 412 g/mol. The first-order valence-electron chi connectivity index (χ1n) is 9.62. The molecule has 8 heteroatoms. The number of hydrogen-bond acceptors (Lipinski definition) is 5. The number of rotatable bonds is 7. The van der Waals surface area contributed by atoms with Gasteiger partial charge in [0.25, 0.3) is 0 Å². The molecule has 1 unspecified atom stereocenters. The van der Waals surface area contributed by atoms with Crippen LogP contribution in [-0.2, 0) is 10.0 Å². The van der Waals surface area contributed by atoms with E-state index in [4.69, 9.17) is 0 Å². The van der Waals surface area contributed by atoms with Crippen LogP contribution in [-0.4, -0.2) is 39.5 Å². The van der Waals surface area contributed by atoms with Crippen molar-refractivity contribution in [2.24, 2.45) is 0 Å². The Balaban J connectivity index is 1.85. The normalized spacial score (nSPS) is 12.1. The molecule has 160 valence electrons. The number of hydrogen-bond donors (Lipinski definition) is 2. The van der Waals surface area contributed by atoms with Crippen LogP contribution in [0.5, 0.6) is 0 Å². The summed E-state index contributed by atoms with van der Waals surface area (Å²) < 4.78 is 25.3. The van der Waals surface area contributed by atoms with Crippen molar-refractivity contribution in [3.05, 3.63) is 82.7 Å². The number of anilines is 2. The fourth-order valence-corrected chi connectivity index (χ4v) is 3.89. The van der Waals surface area contributed by atoms with Gasteiger partial charge in [-0.05, 0) is 54.1 Å². The van der Waals surface area contributed by atoms with Gasteiger partial charge in [-0.2, -0.15) is 5.26 Å². The Morgan fingerprint density at radius 2 is 1.77 bits per heavy atom. The van der Waals surface area contributed by atoms with Gasteiger partial charge in [-0.3, -0.25) is 9.52 Å². The number of carbonyl (C=O) groups is 1. The molecule has 0 radical (unpaired) electrons. The van der Waals surface area contributed by atoms with E-state index < -0.39 is 10.0 Å². The fraction of sp³-hybridized carbons (Fsp3) is 0.217. The van der Waals surface area contributed by atoms with Gasteiger partial charge < -0.3 is 9.88 Å². The fourth-order valence-electron chi connectivity index (χ4n) is 3.34. The minimum Gasteiger partial charge on any atom is -0.378 e. The van der Waals surface area contributed by atoms with Gasteiger partial charge in [0.2, 0.25) is 15.8 Å². The Labute approximate surface area is 182 Å². The molecular formula is C23H24N4O3S. The molecule has 0 amide bonds. The minimum atomic E-state index is -3.43. The first-order chi connectivity index (χ1) is 14.6. The average Bonchev–Trinajstić information content (AvgIpc) is 3.21. The Morgan fingerprint density at radius 3 is 2.35 bits per heavy atom. The van der Waals surface area contributed by atoms with Crippen LogP contribution < -0.4 is 9.62 Å². The third-order valence-electron chi connectivity index (χ3n) is 5.01. The summed E-state index contributed by atoms with van der Waals surface area (Å²) in [4.78, 5) is 18.0. The highest BCUT2D eigenvalue weighted by Crippen LogP contribution is 2.29. The maximum atomic E-state index is 12.8. The van der Waals surface area contributed by atoms with Crippen molar-refractivity contribution in [1.29, 1.82) is 5.26 Å². The Bertz CT molecular complexity index is 1250. The zero-order chi connectivity index (χ0) is 22.8. The van der Waals surface area contributed by atoms with Gasteiger partial charge in [0.1, 0.15) is 0 Å². The van der Waals surface area contributed by atoms with E-state index in [0.29, 0.717) is 22.5 Å². The summed E-state index contributed by atoms with van der Waals surface area (Å²) in [7, 11) is 0.445. The SMILES string of the molecule is CC(c1ccc(C(=O)c2ccc(N(C)C)cc2)[nH]1)c1ccc(NS(C)(=O)=O)cc1C#N. The van der Waals surface area contributed by atoms with Crippen molar-refractivity contribution < 1.29 is 13.2 Å². The maximum Gasteiger partial charge on any atom is 0.229 e. The van der Waals surface area contributed by atoms with Crippen molar-refractivity contribution in [3.63, 3.8) is 0 Å². The third kappa shape index (κ3) is 5.13. The lowest BCUT2D eigenvalue weighted by Crippen LogP contribution is -2.10. The van der Waals surface area contributed by atoms with Crippen molar-refractivity contribution >= 4 is 27.2 Å². The second kappa shape index (κ2) is 8.66. The number of nitrogens with zero attached hydrogens (tertiary/aromatic N) is 2. The third-order valence-corrected chi connectivity index (χ3v) is 5.62. The predicted molar refractivity (Wildman–Crippen MR) is 122 cm³/mol. The highest BCUT2D eigenvalue weighted by molar-refractivity contribution is 7.92. The molecule has 31 heavy (non-hydrogen) atoms. The first kappa shape index (κ1) is 22.1. The number of ketones is 1. The molecule has 0 aliphatic carbocycles. The van der Waals surface area contributed by atoms with Gasteiger partial charge in [0.15, 0.2) is 0 Å². The van der Waals surface area contributed by atoms with E-state index in [0.717, 1.165) is 23.2 Å². The van der Waals surface area contributed by atoms with Gasteiger partial charge in [-0.1, -0.05) is 13.0 Å². The Kier molecular flexibility index (Phi) is 6.18. The number of nitriles is 1. The van der Waals surface area contributed by atoms with Crippen LogP contribution in [0.25, 0.3) is 0 Å². The molecule has 0 fully saturated rings. The summed E-state index contributed by atoms with van der Waals surface area (Å²) in [5.41, 5.74) is 4.27. The van der Waals surface area contributed by atoms with Gasteiger partial charge in [-0.15, -0.1) is 0 Å². The van der Waals surface area contributed by atoms with Crippen molar-refractivity contribution in [2.75, 3.05) is 30.0 Å². The molecule has 1 heterocycles. The second-order valence-electron chi connectivity index (χ2n) is 7.61. The van der Waals surface area contributed by atoms with E-state index in [1.165, 1.54) is 6.07 Å². The van der Waals surface area contributed by atoms with E-state index in [2.05, 4.69) is 15.8 Å². The summed E-state index contributed by atoms with van der Waals surface area (Å²) in [6.07, 6.45) is 1.06. The number of nitrogens with one attached hydrogen (secondary N) is 2. The summed E-state index contributed by atoms with van der Waals surface area (Å²) >= 11 is 0. The summed E-state index contributed by atoms with van der Waals surface area (Å²) in [6, 6.07) is 17.9. The van der Waals surface area contributed by atoms with Crippen LogP contribution in [0.15, 0.2) is 54.6 Å². The van der Waals surface area contributed by atoms with E-state index in [-0.39, 0.29) is 11.7 Å². The monoisotopic (exact) mass is 436 g/mol. The van der Waals surface area contributed by atoms with E-state index in [1.54, 1.807) is 30.3 Å². The zero-order valence-electron chi connectivity index (χ0n) is 17.8. The largest absolute Gasteiger partial charge is 0.378 e. The van der Waals surface area contributed by atoms with E-state index >= 15 is 0 Å². The van der Waals surface area contributed by atoms with Crippen molar-refractivity contribution in [2.45, 2.75) is 12.8 Å². The quantitative estimate of drug-likeness (QED) is 0.549. The smallest absolute Gasteiger partial charge is 0.229 e. The maximum absolute atomic E-state index is 12.8. The average molecular weight is 437 g/mol. The highest BCUT2D eigenvalue weighted by Gasteiger charge is 2.18. The number of sulfonamides is 1. The van der Waals surface area contributed by atoms with Gasteiger partial charge in [0, 0.05) is 42.6 Å². The van der Waals surface area contributed by atoms with E-state index in [9.17, 15) is 18.5 Å². The Morgan fingerprint density at radius 1 is 1.10 bits per heavy atom. The van der Waals surface area contributed by atoms with Crippen LogP contribution >= 0.6 is 0 Å². The molecule has 2 N–H and O–H groups in total. The zero-order valence-corrected chi connectivity index (χ0v) is 18.6. The summed E-state index contributed by atoms with van der Waals surface area (Å²) in [5, 5.41) is 9.55. The van der Waals surface area contributed by atoms with Gasteiger partial charge >= 0.3 is 0 Å². The predicted octanol–water partition coefficient (Wildman–Crippen LogP) is 3.71. The molecule has 0 saturated heterocycles. The molecule has 7 nitrogen and oxygen atoms in total. The molecule has 1 atom stereocenters. The molecule has 0 spiro atoms. The lowest BCUT2D eigenvalue weighted by atomic mass is 9.93. The molecule has 2 aromatic carbocycles. The molecule has 3 rings (SSSR count). The minimum absolute atomic E-state index is 0.114. The van der Waals surface area contributed by atoms with E-state index in [1.807, 2.05) is 44.1 Å². The molecule has 3 aromatic rings. The summed E-state index contributed by atoms with van der Waals surface area (Å²) in [6.45, 7) is 1.92. The van der Waals surface area contributed by atoms with Gasteiger partial charge in [0.05, 0.1) is 23.6 Å². The van der Waals surface area contributed by atoms with Crippen LogP contribution in [0.4, 0.5) is 11.4 Å². The lowest BCUT2D eigenvalue weighted by molar-refractivity contribution is 0.103. The van der Waals surface area contributed by atoms with Crippen LogP contribution in [0, 0.1) is 11.3 Å². The van der Waals surface area contributed by atoms with Crippen molar-refractivity contribution in [3.8, 4) is 6.07 Å². The topological polar surface area (TPSA) is 106 Å². The first-order valence-corrected chi connectivity index (χ1v) is 11.5. The van der Waals surface area contributed by atoms with Gasteiger partial charge in [-0.25, -0.2) is 8.42 Å². The number of H-pyrrole nitrogens is 1. The lowest BCUT2D eigenvalue weighted by Gasteiger charge is -2.14. The number of aromatic amines is 1. The van der Waals surface area contributed by atoms with Crippen LogP contribution in [0.2, 0.25) is 0 Å². The molecule has 0 saturated carbocycles. The van der Waals surface area contributed by atoms with Crippen LogP contribution in [0.3, 0.4) is 0 Å². The standard InChI is InChI=1S/C23H24N4O3S/c1-15(20-10-7-18(13-17(20)14-24)26-31(4,29)30)21-11-12-22(25-21)23(28)16-5-8-19(9-6-16)27(2)3/h5-13,15,25-26H,1-4H3. The Hall–Kier alpha value is -3.57. The van der Waals surface area contributed by atoms with Crippen molar-refractivity contribution in [1.82, 2.24) is 4.98 Å². The van der Waals surface area contributed by atoms with Crippen LogP contribution in [0.1, 0.15) is 45.7 Å². The molecule has 0 aliphatic rings. The number of carbonyl (C=O) groups excluding carboxylic acids is 1. The second-order valence-corrected chi connectivity index (χ2v) is 9.36. The summed E-state index contributed by atoms with van der Waals surface area (Å²) in [5.74, 6) is -0.309. The number of benzene rings is 2. The molecule has 0 bridgehead atoms. The molecule has 0 aliphatic heterocycles. The highest BCUT2D eigenvalue weighted by atomic mass is 32.2. The molecule has 1 aromatic heterocycles. The number of aromatic nitrogens is 1.